The molecule has 2 rings (SSSR count). The molecule has 0 bridgehead atoms. The first-order chi connectivity index (χ1) is 8.20. The van der Waals surface area contributed by atoms with E-state index in [0.29, 0.717) is 17.5 Å². The maximum absolute atomic E-state index is 12.1. The lowest BCUT2D eigenvalue weighted by molar-refractivity contribution is -0.130. The quantitative estimate of drug-likeness (QED) is 0.784. The van der Waals surface area contributed by atoms with Crippen molar-refractivity contribution in [2.45, 2.75) is 25.3 Å². The van der Waals surface area contributed by atoms with Crippen LogP contribution in [-0.4, -0.2) is 28.7 Å². The molecule has 1 unspecified atom stereocenters. The second kappa shape index (κ2) is 5.87. The molecule has 1 heterocycles. The van der Waals surface area contributed by atoms with Crippen molar-refractivity contribution in [3.63, 3.8) is 0 Å². The van der Waals surface area contributed by atoms with Gasteiger partial charge in [0.1, 0.15) is 0 Å². The van der Waals surface area contributed by atoms with Crippen LogP contribution in [0.25, 0.3) is 0 Å². The van der Waals surface area contributed by atoms with E-state index in [-0.39, 0.29) is 5.91 Å². The molecule has 17 heavy (non-hydrogen) atoms. The number of hydrogen-bond donors (Lipinski definition) is 0. The molecule has 92 valence electrons. The maximum Gasteiger partial charge on any atom is 0.227 e. The topological polar surface area (TPSA) is 20.3 Å². The summed E-state index contributed by atoms with van der Waals surface area (Å²) >= 11 is 9.29. The summed E-state index contributed by atoms with van der Waals surface area (Å²) < 4.78 is 0. The number of rotatable bonds is 3. The van der Waals surface area contributed by atoms with Gasteiger partial charge in [-0.2, -0.15) is 0 Å². The fourth-order valence-electron chi connectivity index (χ4n) is 2.20. The molecule has 0 aliphatic carbocycles. The minimum atomic E-state index is 0.217. The van der Waals surface area contributed by atoms with Crippen LogP contribution in [0, 0.1) is 0 Å². The summed E-state index contributed by atoms with van der Waals surface area (Å²) in [4.78, 5) is 14.1. The number of alkyl halides is 1. The van der Waals surface area contributed by atoms with Crippen molar-refractivity contribution in [3.05, 3.63) is 34.9 Å². The number of benzene rings is 1. The highest BCUT2D eigenvalue weighted by Crippen LogP contribution is 2.20. The average molecular weight is 317 g/mol. The molecule has 0 radical (unpaired) electrons. The van der Waals surface area contributed by atoms with Gasteiger partial charge in [0, 0.05) is 22.9 Å². The van der Waals surface area contributed by atoms with E-state index in [4.69, 9.17) is 11.6 Å². The SMILES string of the molecule is O=C(Cc1ccc(Cl)cc1)N1CCCC1CBr. The van der Waals surface area contributed by atoms with Crippen molar-refractivity contribution < 1.29 is 4.79 Å². The summed E-state index contributed by atoms with van der Waals surface area (Å²) in [5.41, 5.74) is 1.03. The van der Waals surface area contributed by atoms with Gasteiger partial charge < -0.3 is 4.90 Å². The second-order valence-electron chi connectivity index (χ2n) is 4.34. The van der Waals surface area contributed by atoms with Gasteiger partial charge in [-0.05, 0) is 30.5 Å². The molecule has 2 nitrogen and oxygen atoms in total. The van der Waals surface area contributed by atoms with Gasteiger partial charge >= 0.3 is 0 Å². The van der Waals surface area contributed by atoms with Gasteiger partial charge in [0.15, 0.2) is 0 Å². The van der Waals surface area contributed by atoms with Crippen LogP contribution < -0.4 is 0 Å². The summed E-state index contributed by atoms with van der Waals surface area (Å²) in [6.07, 6.45) is 2.70. The predicted octanol–water partition coefficient (Wildman–Crippen LogP) is 3.27. The molecule has 1 aromatic rings. The smallest absolute Gasteiger partial charge is 0.227 e. The van der Waals surface area contributed by atoms with Gasteiger partial charge in [0.2, 0.25) is 5.91 Å². The van der Waals surface area contributed by atoms with Crippen molar-refractivity contribution in [3.8, 4) is 0 Å². The largest absolute Gasteiger partial charge is 0.339 e. The molecule has 0 spiro atoms. The van der Waals surface area contributed by atoms with E-state index in [2.05, 4.69) is 15.9 Å². The van der Waals surface area contributed by atoms with Gasteiger partial charge in [0.05, 0.1) is 6.42 Å². The Morgan fingerprint density at radius 3 is 2.76 bits per heavy atom. The molecule has 0 aromatic heterocycles. The fraction of sp³-hybridized carbons (Fsp3) is 0.462. The molecule has 1 saturated heterocycles. The van der Waals surface area contributed by atoms with Crippen molar-refractivity contribution in [1.29, 1.82) is 0 Å². The van der Waals surface area contributed by atoms with Crippen molar-refractivity contribution in [2.75, 3.05) is 11.9 Å². The highest BCUT2D eigenvalue weighted by molar-refractivity contribution is 9.09. The number of nitrogens with zero attached hydrogens (tertiary/aromatic N) is 1. The Hall–Kier alpha value is -0.540. The van der Waals surface area contributed by atoms with E-state index >= 15 is 0 Å². The monoisotopic (exact) mass is 315 g/mol. The van der Waals surface area contributed by atoms with E-state index in [1.807, 2.05) is 29.2 Å². The summed E-state index contributed by atoms with van der Waals surface area (Å²) in [5, 5.41) is 1.58. The van der Waals surface area contributed by atoms with Crippen LogP contribution in [-0.2, 0) is 11.2 Å². The number of amides is 1. The molecule has 1 aliphatic heterocycles. The van der Waals surface area contributed by atoms with E-state index in [0.717, 1.165) is 30.3 Å². The minimum absolute atomic E-state index is 0.217. The van der Waals surface area contributed by atoms with Gasteiger partial charge in [-0.25, -0.2) is 0 Å². The Bertz CT molecular complexity index is 393. The lowest BCUT2D eigenvalue weighted by Gasteiger charge is -2.23. The molecule has 0 N–H and O–H groups in total. The normalized spacial score (nSPS) is 19.6. The van der Waals surface area contributed by atoms with Crippen LogP contribution >= 0.6 is 27.5 Å². The Kier molecular flexibility index (Phi) is 4.46. The van der Waals surface area contributed by atoms with Crippen LogP contribution in [0.4, 0.5) is 0 Å². The molecule has 1 aromatic carbocycles. The zero-order valence-electron chi connectivity index (χ0n) is 9.53. The van der Waals surface area contributed by atoms with E-state index in [9.17, 15) is 4.79 Å². The second-order valence-corrected chi connectivity index (χ2v) is 5.42. The van der Waals surface area contributed by atoms with E-state index in [1.54, 1.807) is 0 Å². The molecule has 1 fully saturated rings. The molecule has 4 heteroatoms. The van der Waals surface area contributed by atoms with Gasteiger partial charge in [-0.3, -0.25) is 4.79 Å². The van der Waals surface area contributed by atoms with Gasteiger partial charge in [-0.15, -0.1) is 0 Å². The number of halogens is 2. The first kappa shape index (κ1) is 12.9. The maximum atomic E-state index is 12.1. The minimum Gasteiger partial charge on any atom is -0.339 e. The van der Waals surface area contributed by atoms with Crippen molar-refractivity contribution in [2.24, 2.45) is 0 Å². The highest BCUT2D eigenvalue weighted by atomic mass is 79.9. The summed E-state index contributed by atoms with van der Waals surface area (Å²) in [6.45, 7) is 0.892. The van der Waals surface area contributed by atoms with Crippen molar-refractivity contribution in [1.82, 2.24) is 4.90 Å². The van der Waals surface area contributed by atoms with Crippen LogP contribution in [0.15, 0.2) is 24.3 Å². The summed E-state index contributed by atoms with van der Waals surface area (Å²) in [7, 11) is 0. The average Bonchev–Trinajstić information content (AvgIpc) is 2.80. The zero-order chi connectivity index (χ0) is 12.3. The molecule has 0 saturated carbocycles. The lowest BCUT2D eigenvalue weighted by atomic mass is 10.1. The van der Waals surface area contributed by atoms with Crippen LogP contribution in [0.5, 0.6) is 0 Å². The number of hydrogen-bond acceptors (Lipinski definition) is 1. The zero-order valence-corrected chi connectivity index (χ0v) is 11.9. The van der Waals surface area contributed by atoms with Crippen LogP contribution in [0.2, 0.25) is 5.02 Å². The number of carbonyl (C=O) groups is 1. The Morgan fingerprint density at radius 1 is 1.41 bits per heavy atom. The molecular weight excluding hydrogens is 302 g/mol. The van der Waals surface area contributed by atoms with Crippen LogP contribution in [0.1, 0.15) is 18.4 Å². The summed E-state index contributed by atoms with van der Waals surface area (Å²) in [5.74, 6) is 0.217. The van der Waals surface area contributed by atoms with Gasteiger partial charge in [0.25, 0.3) is 0 Å². The fourth-order valence-corrected chi connectivity index (χ4v) is 3.00. The Morgan fingerprint density at radius 2 is 2.12 bits per heavy atom. The van der Waals surface area contributed by atoms with E-state index < -0.39 is 0 Å². The third-order valence-electron chi connectivity index (χ3n) is 3.14. The van der Waals surface area contributed by atoms with E-state index in [1.165, 1.54) is 0 Å². The standard InChI is InChI=1S/C13H15BrClNO/c14-9-12-2-1-7-16(12)13(17)8-10-3-5-11(15)6-4-10/h3-6,12H,1-2,7-9H2. The summed E-state index contributed by atoms with van der Waals surface area (Å²) in [6, 6.07) is 7.86. The first-order valence-electron chi connectivity index (χ1n) is 5.80. The number of carbonyl (C=O) groups excluding carboxylic acids is 1. The Balaban J connectivity index is 1.99. The predicted molar refractivity (Wildman–Crippen MR) is 73.7 cm³/mol. The molecular formula is C13H15BrClNO. The number of likely N-dealkylation sites (tertiary alicyclic amines) is 1. The van der Waals surface area contributed by atoms with Crippen molar-refractivity contribution >= 4 is 33.4 Å². The third kappa shape index (κ3) is 3.23. The van der Waals surface area contributed by atoms with Crippen LogP contribution in [0.3, 0.4) is 0 Å². The molecule has 1 aliphatic rings. The molecule has 1 atom stereocenters. The molecule has 1 amide bonds. The lowest BCUT2D eigenvalue weighted by Crippen LogP contribution is -2.37. The Labute approximate surface area is 115 Å². The third-order valence-corrected chi connectivity index (χ3v) is 4.14. The first-order valence-corrected chi connectivity index (χ1v) is 7.30. The van der Waals surface area contributed by atoms with Gasteiger partial charge in [-0.1, -0.05) is 39.7 Å². The highest BCUT2D eigenvalue weighted by Gasteiger charge is 2.27.